The van der Waals surface area contributed by atoms with Crippen LogP contribution in [0.5, 0.6) is 0 Å². The summed E-state index contributed by atoms with van der Waals surface area (Å²) in [6.45, 7) is 0. The van der Waals surface area contributed by atoms with E-state index in [2.05, 4.69) is 66.2 Å². The summed E-state index contributed by atoms with van der Waals surface area (Å²) in [7, 11) is -2.12. The van der Waals surface area contributed by atoms with Crippen molar-refractivity contribution in [2.75, 3.05) is 0 Å². The molecule has 4 aromatic carbocycles. The van der Waals surface area contributed by atoms with Crippen LogP contribution in [0, 0.1) is 0 Å². The van der Waals surface area contributed by atoms with Gasteiger partial charge in [-0.2, -0.15) is 0 Å². The molecule has 0 aliphatic heterocycles. The average Bonchev–Trinajstić information content (AvgIpc) is 2.44. The molecule has 20 heavy (non-hydrogen) atoms. The second-order valence-electron chi connectivity index (χ2n) is 4.61. The molecule has 4 rings (SSSR count). The van der Waals surface area contributed by atoms with Crippen LogP contribution in [-0.2, 0) is 0 Å². The first-order valence-electron chi connectivity index (χ1n) is 6.22. The van der Waals surface area contributed by atoms with E-state index in [0.717, 1.165) is 0 Å². The third kappa shape index (κ3) is 2.33. The fourth-order valence-electron chi connectivity index (χ4n) is 2.67. The van der Waals surface area contributed by atoms with Gasteiger partial charge in [-0.3, -0.25) is 5.50 Å². The fourth-order valence-corrected chi connectivity index (χ4v) is 2.67. The van der Waals surface area contributed by atoms with E-state index < -0.39 is 8.53 Å². The minimum Gasteiger partial charge on any atom is -0.338 e. The van der Waals surface area contributed by atoms with Crippen LogP contribution in [0.4, 0.5) is 0 Å². The zero-order chi connectivity index (χ0) is 14.1. The second-order valence-corrected chi connectivity index (χ2v) is 5.25. The third-order valence-electron chi connectivity index (χ3n) is 3.39. The molecule has 4 N–H and O–H groups in total. The lowest BCUT2D eigenvalue weighted by atomic mass is 9.95. The highest BCUT2D eigenvalue weighted by molar-refractivity contribution is 7.42. The van der Waals surface area contributed by atoms with Crippen LogP contribution in [0.3, 0.4) is 0 Å². The molecule has 0 aromatic heterocycles. The van der Waals surface area contributed by atoms with Gasteiger partial charge in [-0.25, -0.2) is 0 Å². The Bertz CT molecular complexity index is 728. The molecule has 0 heterocycles. The Kier molecular flexibility index (Phi) is 3.51. The Hall–Kier alpha value is -1.77. The Balaban J connectivity index is 0.000000272. The topological polar surface area (TPSA) is 66.5 Å². The van der Waals surface area contributed by atoms with Gasteiger partial charge in [0.05, 0.1) is 0 Å². The van der Waals surface area contributed by atoms with Gasteiger partial charge in [-0.05, 0) is 32.3 Å². The Morgan fingerprint density at radius 2 is 0.850 bits per heavy atom. The van der Waals surface area contributed by atoms with Crippen molar-refractivity contribution in [2.45, 2.75) is 0 Å². The lowest BCUT2D eigenvalue weighted by Crippen LogP contribution is -1.82. The predicted octanol–water partition coefficient (Wildman–Crippen LogP) is 3.74. The van der Waals surface area contributed by atoms with Crippen molar-refractivity contribution >= 4 is 40.8 Å². The number of benzene rings is 4. The van der Waals surface area contributed by atoms with Gasteiger partial charge >= 0.3 is 0 Å². The molecule has 0 aliphatic rings. The van der Waals surface area contributed by atoms with Crippen molar-refractivity contribution in [3.05, 3.63) is 60.7 Å². The maximum atomic E-state index is 7.45. The Morgan fingerprint density at radius 3 is 1.10 bits per heavy atom. The maximum Gasteiger partial charge on any atom is 0.247 e. The standard InChI is InChI=1S/C16H10.H4NO2P/c1-3-11-7-9-13-5-2-6-14-10-8-12(4-1)15(11)16(13)14;1-4(2)3/h1-10H;2-3H,1H2. The van der Waals surface area contributed by atoms with Crippen LogP contribution >= 0.6 is 8.53 Å². The summed E-state index contributed by atoms with van der Waals surface area (Å²) >= 11 is 0. The normalized spacial score (nSPS) is 11.2. The largest absolute Gasteiger partial charge is 0.338 e. The number of rotatable bonds is 0. The van der Waals surface area contributed by atoms with Gasteiger partial charge in [0, 0.05) is 0 Å². The van der Waals surface area contributed by atoms with Gasteiger partial charge in [0.25, 0.3) is 0 Å². The Morgan fingerprint density at radius 1 is 0.600 bits per heavy atom. The van der Waals surface area contributed by atoms with E-state index in [1.165, 1.54) is 32.3 Å². The van der Waals surface area contributed by atoms with Crippen molar-refractivity contribution in [2.24, 2.45) is 5.50 Å². The first-order valence-corrected chi connectivity index (χ1v) is 7.53. The van der Waals surface area contributed by atoms with Crippen LogP contribution in [0.1, 0.15) is 0 Å². The summed E-state index contributed by atoms with van der Waals surface area (Å²) in [4.78, 5) is 14.9. The van der Waals surface area contributed by atoms with E-state index in [-0.39, 0.29) is 0 Å². The minimum absolute atomic E-state index is 1.34. The summed E-state index contributed by atoms with van der Waals surface area (Å²) in [6.07, 6.45) is 0. The Labute approximate surface area is 117 Å². The van der Waals surface area contributed by atoms with Crippen LogP contribution in [0.2, 0.25) is 0 Å². The molecule has 100 valence electrons. The van der Waals surface area contributed by atoms with Crippen LogP contribution in [0.25, 0.3) is 32.3 Å². The van der Waals surface area contributed by atoms with Crippen molar-refractivity contribution in [3.63, 3.8) is 0 Å². The van der Waals surface area contributed by atoms with Crippen LogP contribution < -0.4 is 5.50 Å². The van der Waals surface area contributed by atoms with Crippen LogP contribution in [-0.4, -0.2) is 9.79 Å². The van der Waals surface area contributed by atoms with Gasteiger partial charge in [0.2, 0.25) is 8.53 Å². The number of hydrogen-bond acceptors (Lipinski definition) is 3. The summed E-state index contributed by atoms with van der Waals surface area (Å²) in [5.41, 5.74) is 4.29. The molecule has 0 radical (unpaired) electrons. The van der Waals surface area contributed by atoms with Gasteiger partial charge in [-0.1, -0.05) is 60.7 Å². The second kappa shape index (κ2) is 5.31. The van der Waals surface area contributed by atoms with Gasteiger partial charge in [0.1, 0.15) is 0 Å². The van der Waals surface area contributed by atoms with Crippen molar-refractivity contribution < 1.29 is 9.79 Å². The van der Waals surface area contributed by atoms with Crippen molar-refractivity contribution in [1.29, 1.82) is 0 Å². The molecule has 4 aromatic rings. The van der Waals surface area contributed by atoms with E-state index in [1.54, 1.807) is 0 Å². The predicted molar refractivity (Wildman–Crippen MR) is 85.7 cm³/mol. The number of nitrogens with two attached hydrogens (primary N) is 1. The molecular formula is C16H14NO2P. The molecule has 0 amide bonds. The molecular weight excluding hydrogens is 269 g/mol. The van der Waals surface area contributed by atoms with Gasteiger partial charge in [-0.15, -0.1) is 0 Å². The summed E-state index contributed by atoms with van der Waals surface area (Å²) in [6, 6.07) is 21.9. The molecule has 0 saturated carbocycles. The smallest absolute Gasteiger partial charge is 0.247 e. The SMILES string of the molecule is NP(O)O.c1cc2ccc3cccc4ccc(c1)c2c34. The van der Waals surface area contributed by atoms with E-state index in [9.17, 15) is 0 Å². The summed E-state index contributed by atoms with van der Waals surface area (Å²) < 4.78 is 0. The molecule has 3 nitrogen and oxygen atoms in total. The minimum atomic E-state index is -2.12. The highest BCUT2D eigenvalue weighted by Crippen LogP contribution is 2.33. The van der Waals surface area contributed by atoms with E-state index >= 15 is 0 Å². The molecule has 0 saturated heterocycles. The van der Waals surface area contributed by atoms with Gasteiger partial charge in [0.15, 0.2) is 0 Å². The van der Waals surface area contributed by atoms with Crippen molar-refractivity contribution in [3.8, 4) is 0 Å². The monoisotopic (exact) mass is 283 g/mol. The highest BCUT2D eigenvalue weighted by Gasteiger charge is 2.05. The summed E-state index contributed by atoms with van der Waals surface area (Å²) in [5, 5.41) is 8.14. The zero-order valence-electron chi connectivity index (χ0n) is 10.7. The first kappa shape index (κ1) is 13.2. The molecule has 0 spiro atoms. The van der Waals surface area contributed by atoms with Gasteiger partial charge < -0.3 is 9.79 Å². The molecule has 0 atom stereocenters. The molecule has 4 heteroatoms. The zero-order valence-corrected chi connectivity index (χ0v) is 11.6. The summed E-state index contributed by atoms with van der Waals surface area (Å²) in [5.74, 6) is 0. The fraction of sp³-hybridized carbons (Fsp3) is 0. The quantitative estimate of drug-likeness (QED) is 0.340. The van der Waals surface area contributed by atoms with Crippen molar-refractivity contribution in [1.82, 2.24) is 0 Å². The lowest BCUT2D eigenvalue weighted by molar-refractivity contribution is 0.485. The van der Waals surface area contributed by atoms with Crippen LogP contribution in [0.15, 0.2) is 60.7 Å². The molecule has 0 aliphatic carbocycles. The maximum absolute atomic E-state index is 7.45. The number of hydrogen-bond donors (Lipinski definition) is 3. The lowest BCUT2D eigenvalue weighted by Gasteiger charge is -2.09. The third-order valence-corrected chi connectivity index (χ3v) is 3.39. The molecule has 0 bridgehead atoms. The average molecular weight is 283 g/mol. The molecule has 0 fully saturated rings. The first-order chi connectivity index (χ1) is 9.66. The van der Waals surface area contributed by atoms with E-state index in [0.29, 0.717) is 0 Å². The van der Waals surface area contributed by atoms with E-state index in [1.807, 2.05) is 0 Å². The van der Waals surface area contributed by atoms with E-state index in [4.69, 9.17) is 9.79 Å². The molecule has 0 unspecified atom stereocenters. The highest BCUT2D eigenvalue weighted by atomic mass is 31.2.